The number of aromatic hydroxyl groups is 1. The molecule has 7 nitrogen and oxygen atoms in total. The van der Waals surface area contributed by atoms with Gasteiger partial charge in [0, 0.05) is 19.3 Å². The fourth-order valence-electron chi connectivity index (χ4n) is 2.63. The van der Waals surface area contributed by atoms with E-state index in [1.165, 1.54) is 16.6 Å². The molecule has 8 heteroatoms. The zero-order chi connectivity index (χ0) is 17.7. The van der Waals surface area contributed by atoms with Gasteiger partial charge in [-0.15, -0.1) is 0 Å². The summed E-state index contributed by atoms with van der Waals surface area (Å²) in [5, 5.41) is 13.4. The van der Waals surface area contributed by atoms with Gasteiger partial charge < -0.3 is 5.11 Å². The highest BCUT2D eigenvalue weighted by Gasteiger charge is 2.25. The predicted octanol–water partition coefficient (Wildman–Crippen LogP) is 2.41. The fraction of sp³-hybridized carbons (Fsp3) is 0.294. The van der Waals surface area contributed by atoms with E-state index in [2.05, 4.69) is 15.5 Å². The van der Waals surface area contributed by atoms with Gasteiger partial charge >= 0.3 is 0 Å². The third kappa shape index (κ3) is 4.34. The molecule has 0 bridgehead atoms. The van der Waals surface area contributed by atoms with Crippen LogP contribution in [0.25, 0.3) is 0 Å². The number of hydrogen-bond acceptors (Lipinski definition) is 6. The molecule has 2 heterocycles. The number of phenols is 1. The van der Waals surface area contributed by atoms with E-state index in [4.69, 9.17) is 0 Å². The number of nitrogens with one attached hydrogen (secondary N) is 1. The van der Waals surface area contributed by atoms with Crippen molar-refractivity contribution in [3.8, 4) is 5.75 Å². The topological polar surface area (TPSA) is 94.9 Å². The molecule has 1 aromatic heterocycles. The Labute approximate surface area is 147 Å². The van der Waals surface area contributed by atoms with Crippen molar-refractivity contribution in [2.24, 2.45) is 5.10 Å². The summed E-state index contributed by atoms with van der Waals surface area (Å²) in [5.74, 6) is 0.600. The SMILES string of the molecule is O=S(=O)(c1ccc(N/N=C\c2cccc(O)c2)nc1)N1CCCCC1. The highest BCUT2D eigenvalue weighted by Crippen LogP contribution is 2.20. The summed E-state index contributed by atoms with van der Waals surface area (Å²) in [5.41, 5.74) is 3.47. The second-order valence-corrected chi connectivity index (χ2v) is 7.75. The van der Waals surface area contributed by atoms with Gasteiger partial charge in [-0.2, -0.15) is 9.41 Å². The van der Waals surface area contributed by atoms with Crippen molar-refractivity contribution in [3.63, 3.8) is 0 Å². The summed E-state index contributed by atoms with van der Waals surface area (Å²) in [6.45, 7) is 1.13. The van der Waals surface area contributed by atoms with E-state index in [0.29, 0.717) is 18.9 Å². The van der Waals surface area contributed by atoms with Crippen LogP contribution >= 0.6 is 0 Å². The maximum Gasteiger partial charge on any atom is 0.244 e. The Balaban J connectivity index is 1.65. The number of sulfonamides is 1. The zero-order valence-electron chi connectivity index (χ0n) is 13.7. The van der Waals surface area contributed by atoms with Crippen molar-refractivity contribution < 1.29 is 13.5 Å². The Morgan fingerprint density at radius 1 is 1.16 bits per heavy atom. The molecular weight excluding hydrogens is 340 g/mol. The van der Waals surface area contributed by atoms with Gasteiger partial charge in [0.2, 0.25) is 10.0 Å². The van der Waals surface area contributed by atoms with E-state index < -0.39 is 10.0 Å². The number of anilines is 1. The molecule has 0 amide bonds. The summed E-state index contributed by atoms with van der Waals surface area (Å²) in [6.07, 6.45) is 5.76. The number of phenolic OH excluding ortho intramolecular Hbond substituents is 1. The molecule has 1 saturated heterocycles. The lowest BCUT2D eigenvalue weighted by Crippen LogP contribution is -2.35. The molecule has 25 heavy (non-hydrogen) atoms. The van der Waals surface area contributed by atoms with Crippen LogP contribution in [-0.4, -0.2) is 42.1 Å². The first-order chi connectivity index (χ1) is 12.1. The minimum absolute atomic E-state index is 0.161. The van der Waals surface area contributed by atoms with Crippen LogP contribution in [0.3, 0.4) is 0 Å². The van der Waals surface area contributed by atoms with Crippen LogP contribution < -0.4 is 5.43 Å². The zero-order valence-corrected chi connectivity index (χ0v) is 14.5. The van der Waals surface area contributed by atoms with E-state index in [0.717, 1.165) is 24.8 Å². The summed E-state index contributed by atoms with van der Waals surface area (Å²) < 4.78 is 26.6. The molecule has 0 unspecified atom stereocenters. The average Bonchev–Trinajstić information content (AvgIpc) is 2.63. The third-order valence-corrected chi connectivity index (χ3v) is 5.83. The van der Waals surface area contributed by atoms with Gasteiger partial charge in [-0.1, -0.05) is 18.6 Å². The number of hydrogen-bond donors (Lipinski definition) is 2. The predicted molar refractivity (Wildman–Crippen MR) is 96.2 cm³/mol. The van der Waals surface area contributed by atoms with Crippen molar-refractivity contribution in [1.29, 1.82) is 0 Å². The second kappa shape index (κ2) is 7.62. The standard InChI is InChI=1S/C17H20N4O3S/c22-15-6-4-5-14(11-15)12-19-20-17-8-7-16(13-18-17)25(23,24)21-9-2-1-3-10-21/h4-8,11-13,22H,1-3,9-10H2,(H,18,20)/b19-12-. The van der Waals surface area contributed by atoms with E-state index in [9.17, 15) is 13.5 Å². The summed E-state index contributed by atoms with van der Waals surface area (Å²) in [7, 11) is -3.47. The van der Waals surface area contributed by atoms with Crippen LogP contribution in [0.5, 0.6) is 5.75 Å². The maximum atomic E-state index is 12.5. The lowest BCUT2D eigenvalue weighted by molar-refractivity contribution is 0.346. The summed E-state index contributed by atoms with van der Waals surface area (Å²) in [4.78, 5) is 4.30. The number of pyridine rings is 1. The molecule has 132 valence electrons. The normalized spacial score (nSPS) is 16.2. The quantitative estimate of drug-likeness (QED) is 0.631. The maximum absolute atomic E-state index is 12.5. The first-order valence-corrected chi connectivity index (χ1v) is 9.54. The lowest BCUT2D eigenvalue weighted by Gasteiger charge is -2.25. The van der Waals surface area contributed by atoms with E-state index >= 15 is 0 Å². The van der Waals surface area contributed by atoms with E-state index in [1.807, 2.05) is 0 Å². The summed E-state index contributed by atoms with van der Waals surface area (Å²) >= 11 is 0. The number of piperidine rings is 1. The minimum atomic E-state index is -3.47. The third-order valence-electron chi connectivity index (χ3n) is 3.95. The van der Waals surface area contributed by atoms with E-state index in [1.54, 1.807) is 36.5 Å². The molecule has 3 rings (SSSR count). The molecule has 1 aliphatic heterocycles. The molecule has 1 aliphatic rings. The lowest BCUT2D eigenvalue weighted by atomic mass is 10.2. The van der Waals surface area contributed by atoms with Crippen molar-refractivity contribution >= 4 is 22.1 Å². The molecule has 1 aromatic carbocycles. The molecule has 2 aromatic rings. The van der Waals surface area contributed by atoms with Crippen LogP contribution in [-0.2, 0) is 10.0 Å². The first kappa shape index (κ1) is 17.4. The number of benzene rings is 1. The van der Waals surface area contributed by atoms with Crippen molar-refractivity contribution in [2.45, 2.75) is 24.2 Å². The molecule has 0 spiro atoms. The van der Waals surface area contributed by atoms with Crippen LogP contribution in [0.2, 0.25) is 0 Å². The molecular formula is C17H20N4O3S. The van der Waals surface area contributed by atoms with Crippen LogP contribution in [0.1, 0.15) is 24.8 Å². The van der Waals surface area contributed by atoms with Crippen LogP contribution in [0.4, 0.5) is 5.82 Å². The molecule has 0 atom stereocenters. The summed E-state index contributed by atoms with van der Waals surface area (Å²) in [6, 6.07) is 9.78. The number of nitrogens with zero attached hydrogens (tertiary/aromatic N) is 3. The number of aromatic nitrogens is 1. The molecule has 0 radical (unpaired) electrons. The van der Waals surface area contributed by atoms with Gasteiger partial charge in [-0.05, 0) is 42.7 Å². The first-order valence-electron chi connectivity index (χ1n) is 8.10. The Hall–Kier alpha value is -2.45. The Morgan fingerprint density at radius 2 is 1.96 bits per heavy atom. The molecule has 2 N–H and O–H groups in total. The van der Waals surface area contributed by atoms with Crippen LogP contribution in [0, 0.1) is 0 Å². The van der Waals surface area contributed by atoms with Crippen molar-refractivity contribution in [1.82, 2.24) is 9.29 Å². The van der Waals surface area contributed by atoms with Crippen molar-refractivity contribution in [3.05, 3.63) is 48.2 Å². The van der Waals surface area contributed by atoms with E-state index in [-0.39, 0.29) is 10.6 Å². The number of hydrazone groups is 1. The Kier molecular flexibility index (Phi) is 5.30. The van der Waals surface area contributed by atoms with Gasteiger partial charge in [0.05, 0.1) is 6.21 Å². The number of rotatable bonds is 5. The van der Waals surface area contributed by atoms with Gasteiger partial charge in [-0.3, -0.25) is 5.43 Å². The molecule has 0 saturated carbocycles. The fourth-order valence-corrected chi connectivity index (χ4v) is 4.09. The highest BCUT2D eigenvalue weighted by molar-refractivity contribution is 7.89. The van der Waals surface area contributed by atoms with Gasteiger partial charge in [0.25, 0.3) is 0 Å². The minimum Gasteiger partial charge on any atom is -0.508 e. The molecule has 0 aliphatic carbocycles. The smallest absolute Gasteiger partial charge is 0.244 e. The largest absolute Gasteiger partial charge is 0.508 e. The Morgan fingerprint density at radius 3 is 2.64 bits per heavy atom. The van der Waals surface area contributed by atoms with Gasteiger partial charge in [0.15, 0.2) is 0 Å². The van der Waals surface area contributed by atoms with Gasteiger partial charge in [0.1, 0.15) is 16.5 Å². The Bertz CT molecular complexity index is 844. The average molecular weight is 360 g/mol. The molecule has 1 fully saturated rings. The van der Waals surface area contributed by atoms with Crippen molar-refractivity contribution in [2.75, 3.05) is 18.5 Å². The van der Waals surface area contributed by atoms with Gasteiger partial charge in [-0.25, -0.2) is 13.4 Å². The second-order valence-electron chi connectivity index (χ2n) is 5.81. The highest BCUT2D eigenvalue weighted by atomic mass is 32.2. The monoisotopic (exact) mass is 360 g/mol. The van der Waals surface area contributed by atoms with Crippen LogP contribution in [0.15, 0.2) is 52.6 Å².